The molecule has 0 heterocycles. The van der Waals surface area contributed by atoms with Gasteiger partial charge in [0.05, 0.1) is 6.17 Å². The molecule has 0 aromatic carbocycles. The Morgan fingerprint density at radius 1 is 1.33 bits per heavy atom. The Kier molecular flexibility index (Phi) is 4.82. The highest BCUT2D eigenvalue weighted by atomic mass is 28.4. The number of carboxylic acid groups (broad SMARTS) is 1. The van der Waals surface area contributed by atoms with Crippen LogP contribution in [-0.4, -0.2) is 47.5 Å². The number of rotatable bonds is 5. The first-order chi connectivity index (χ1) is 5.60. The van der Waals surface area contributed by atoms with Crippen LogP contribution in [0.4, 0.5) is 4.79 Å². The zero-order chi connectivity index (χ0) is 9.61. The fraction of sp³-hybridized carbons (Fsp3) is 0.800. The van der Waals surface area contributed by atoms with E-state index in [1.165, 1.54) is 21.3 Å². The molecule has 0 radical (unpaired) electrons. The largest absolute Gasteiger partial charge is 0.520 e. The van der Waals surface area contributed by atoms with Crippen LogP contribution in [0, 0.1) is 0 Å². The van der Waals surface area contributed by atoms with E-state index in [9.17, 15) is 4.79 Å². The lowest BCUT2D eigenvalue weighted by molar-refractivity contribution is 0.120. The standard InChI is InChI=1S/C5H13NO5Si/c1-9-12(10-2,11-3)4-6-5(7)8/h6H,4H2,1-3H3,(H,7,8). The Morgan fingerprint density at radius 3 is 2.00 bits per heavy atom. The molecule has 1 amide bonds. The van der Waals surface area contributed by atoms with E-state index in [0.29, 0.717) is 0 Å². The van der Waals surface area contributed by atoms with Gasteiger partial charge in [0, 0.05) is 21.3 Å². The molecule has 2 N–H and O–H groups in total. The normalized spacial score (nSPS) is 11.2. The molecule has 0 aliphatic carbocycles. The van der Waals surface area contributed by atoms with Crippen molar-refractivity contribution in [2.24, 2.45) is 0 Å². The summed E-state index contributed by atoms with van der Waals surface area (Å²) >= 11 is 0. The van der Waals surface area contributed by atoms with Gasteiger partial charge in [-0.15, -0.1) is 0 Å². The minimum atomic E-state index is -2.77. The van der Waals surface area contributed by atoms with Crippen molar-refractivity contribution in [3.05, 3.63) is 0 Å². The Hall–Kier alpha value is -0.633. The fourth-order valence-corrected chi connectivity index (χ4v) is 1.95. The second-order valence-electron chi connectivity index (χ2n) is 1.95. The first-order valence-corrected chi connectivity index (χ1v) is 5.15. The summed E-state index contributed by atoms with van der Waals surface area (Å²) in [5.74, 6) is 0. The summed E-state index contributed by atoms with van der Waals surface area (Å²) in [6.45, 7) is 0. The molecular formula is C5H13NO5Si. The summed E-state index contributed by atoms with van der Waals surface area (Å²) in [7, 11) is 1.49. The van der Waals surface area contributed by atoms with Gasteiger partial charge >= 0.3 is 14.9 Å². The zero-order valence-electron chi connectivity index (χ0n) is 7.29. The molecule has 0 saturated carbocycles. The van der Waals surface area contributed by atoms with Gasteiger partial charge in [0.25, 0.3) is 0 Å². The molecule has 0 aliphatic rings. The van der Waals surface area contributed by atoms with Crippen LogP contribution in [0.3, 0.4) is 0 Å². The van der Waals surface area contributed by atoms with Crippen molar-refractivity contribution in [1.82, 2.24) is 5.32 Å². The van der Waals surface area contributed by atoms with Gasteiger partial charge in [-0.3, -0.25) is 0 Å². The number of amides is 1. The van der Waals surface area contributed by atoms with E-state index in [4.69, 9.17) is 18.4 Å². The lowest BCUT2D eigenvalue weighted by atomic mass is 11.1. The van der Waals surface area contributed by atoms with E-state index in [1.54, 1.807) is 0 Å². The average molecular weight is 195 g/mol. The maximum absolute atomic E-state index is 10.1. The van der Waals surface area contributed by atoms with Crippen LogP contribution in [0.2, 0.25) is 0 Å². The van der Waals surface area contributed by atoms with Crippen LogP contribution < -0.4 is 5.32 Å². The molecule has 7 heteroatoms. The van der Waals surface area contributed by atoms with E-state index >= 15 is 0 Å². The molecule has 72 valence electrons. The quantitative estimate of drug-likeness (QED) is 0.587. The van der Waals surface area contributed by atoms with Crippen LogP contribution in [0.15, 0.2) is 0 Å². The van der Waals surface area contributed by atoms with Gasteiger partial charge in [0.2, 0.25) is 0 Å². The van der Waals surface area contributed by atoms with E-state index < -0.39 is 14.9 Å². The summed E-state index contributed by atoms with van der Waals surface area (Å²) in [6, 6.07) is 0. The van der Waals surface area contributed by atoms with Crippen LogP contribution in [0.1, 0.15) is 0 Å². The molecule has 0 aliphatic heterocycles. The molecule has 0 rings (SSSR count). The topological polar surface area (TPSA) is 77.0 Å². The van der Waals surface area contributed by atoms with E-state index in [1.807, 2.05) is 0 Å². The molecule has 0 unspecified atom stereocenters. The lowest BCUT2D eigenvalue weighted by Gasteiger charge is -2.23. The van der Waals surface area contributed by atoms with Gasteiger partial charge in [-0.1, -0.05) is 0 Å². The smallest absolute Gasteiger partial charge is 0.465 e. The predicted molar refractivity (Wildman–Crippen MR) is 42.8 cm³/mol. The Morgan fingerprint density at radius 2 is 1.75 bits per heavy atom. The molecule has 0 fully saturated rings. The minimum Gasteiger partial charge on any atom is -0.465 e. The maximum Gasteiger partial charge on any atom is 0.520 e. The third-order valence-corrected chi connectivity index (χ3v) is 3.86. The molecular weight excluding hydrogens is 182 g/mol. The molecule has 6 nitrogen and oxygen atoms in total. The highest BCUT2D eigenvalue weighted by Gasteiger charge is 2.38. The fourth-order valence-electron chi connectivity index (χ4n) is 0.650. The van der Waals surface area contributed by atoms with Crippen molar-refractivity contribution < 1.29 is 23.2 Å². The molecule has 12 heavy (non-hydrogen) atoms. The Labute approximate surface area is 71.8 Å². The summed E-state index contributed by atoms with van der Waals surface area (Å²) < 4.78 is 14.9. The first-order valence-electron chi connectivity index (χ1n) is 3.22. The van der Waals surface area contributed by atoms with Gasteiger partial charge in [-0.2, -0.15) is 0 Å². The van der Waals surface area contributed by atoms with Crippen molar-refractivity contribution in [2.45, 2.75) is 0 Å². The van der Waals surface area contributed by atoms with E-state index in [0.717, 1.165) is 0 Å². The predicted octanol–water partition coefficient (Wildman–Crippen LogP) is -0.329. The molecule has 0 bridgehead atoms. The molecule has 0 saturated heterocycles. The highest BCUT2D eigenvalue weighted by Crippen LogP contribution is 2.03. The second-order valence-corrected chi connectivity index (χ2v) is 4.90. The average Bonchev–Trinajstić information content (AvgIpc) is 2.08. The van der Waals surface area contributed by atoms with Gasteiger partial charge in [-0.05, 0) is 0 Å². The van der Waals surface area contributed by atoms with Crippen molar-refractivity contribution in [2.75, 3.05) is 27.5 Å². The van der Waals surface area contributed by atoms with Crippen LogP contribution in [0.25, 0.3) is 0 Å². The van der Waals surface area contributed by atoms with Crippen LogP contribution in [0.5, 0.6) is 0 Å². The third kappa shape index (κ3) is 3.18. The van der Waals surface area contributed by atoms with E-state index in [2.05, 4.69) is 5.32 Å². The third-order valence-electron chi connectivity index (χ3n) is 1.39. The second kappa shape index (κ2) is 5.09. The minimum absolute atomic E-state index is 0.0475. The summed E-state index contributed by atoms with van der Waals surface area (Å²) in [4.78, 5) is 10.1. The molecule has 0 aromatic rings. The van der Waals surface area contributed by atoms with Crippen molar-refractivity contribution >= 4 is 14.9 Å². The summed E-state index contributed by atoms with van der Waals surface area (Å²) in [6.07, 6.45) is -1.08. The number of carbonyl (C=O) groups is 1. The highest BCUT2D eigenvalue weighted by molar-refractivity contribution is 6.61. The lowest BCUT2D eigenvalue weighted by Crippen LogP contribution is -2.53. The Balaban J connectivity index is 4.01. The van der Waals surface area contributed by atoms with Gasteiger partial charge in [0.15, 0.2) is 0 Å². The Bertz CT molecular complexity index is 141. The first kappa shape index (κ1) is 11.4. The number of hydrogen-bond acceptors (Lipinski definition) is 4. The summed E-state index contributed by atoms with van der Waals surface area (Å²) in [5.41, 5.74) is 0. The number of nitrogens with one attached hydrogen (secondary N) is 1. The van der Waals surface area contributed by atoms with Gasteiger partial charge < -0.3 is 23.7 Å². The monoisotopic (exact) mass is 195 g/mol. The van der Waals surface area contributed by atoms with Gasteiger partial charge in [0.1, 0.15) is 0 Å². The SMILES string of the molecule is CO[Si](CNC(=O)O)(OC)OC. The van der Waals surface area contributed by atoms with Gasteiger partial charge in [-0.25, -0.2) is 4.79 Å². The van der Waals surface area contributed by atoms with Crippen molar-refractivity contribution in [3.8, 4) is 0 Å². The van der Waals surface area contributed by atoms with E-state index in [-0.39, 0.29) is 6.17 Å². The van der Waals surface area contributed by atoms with Crippen molar-refractivity contribution in [1.29, 1.82) is 0 Å². The van der Waals surface area contributed by atoms with Crippen molar-refractivity contribution in [3.63, 3.8) is 0 Å². The zero-order valence-corrected chi connectivity index (χ0v) is 8.29. The van der Waals surface area contributed by atoms with Crippen LogP contribution in [-0.2, 0) is 13.3 Å². The maximum atomic E-state index is 10.1. The van der Waals surface area contributed by atoms with Crippen LogP contribution >= 0.6 is 0 Å². The molecule has 0 atom stereocenters. The summed E-state index contributed by atoms with van der Waals surface area (Å²) in [5, 5.41) is 10.5. The molecule has 0 aromatic heterocycles. The molecule has 0 spiro atoms. The number of hydrogen-bond donors (Lipinski definition) is 2.